The zero-order valence-electron chi connectivity index (χ0n) is 16.1. The predicted molar refractivity (Wildman–Crippen MR) is 127 cm³/mol. The maximum atomic E-state index is 10.2. The molecule has 0 saturated carbocycles. The molecule has 0 aliphatic carbocycles. The van der Waals surface area contributed by atoms with Gasteiger partial charge in [-0.1, -0.05) is 35.8 Å². The molecule has 0 aliphatic heterocycles. The Morgan fingerprint density at radius 3 is 2.65 bits per heavy atom. The van der Waals surface area contributed by atoms with Gasteiger partial charge in [0.25, 0.3) is 0 Å². The highest BCUT2D eigenvalue weighted by molar-refractivity contribution is 7.25. The monoisotopic (exact) mass is 416 g/mol. The van der Waals surface area contributed by atoms with Crippen LogP contribution in [0.3, 0.4) is 0 Å². The summed E-state index contributed by atoms with van der Waals surface area (Å²) in [4.78, 5) is 10.8. The van der Waals surface area contributed by atoms with Crippen LogP contribution in [0.15, 0.2) is 72.8 Å². The van der Waals surface area contributed by atoms with Crippen molar-refractivity contribution < 1.29 is 5.11 Å². The summed E-state index contributed by atoms with van der Waals surface area (Å²) < 4.78 is 5.26. The number of thiophene rings is 1. The third-order valence-electron chi connectivity index (χ3n) is 5.80. The van der Waals surface area contributed by atoms with Crippen molar-refractivity contribution in [3.8, 4) is 11.6 Å². The summed E-state index contributed by atoms with van der Waals surface area (Å²) in [6.07, 6.45) is 0. The Hall–Kier alpha value is -3.84. The molecule has 0 amide bonds. The van der Waals surface area contributed by atoms with Gasteiger partial charge >= 0.3 is 0 Å². The molecule has 4 heterocycles. The van der Waals surface area contributed by atoms with Crippen molar-refractivity contribution in [1.29, 1.82) is 0 Å². The second-order valence-electron chi connectivity index (χ2n) is 7.59. The summed E-state index contributed by atoms with van der Waals surface area (Å²) >= 11 is 1.67. The molecule has 4 aromatic heterocycles. The Kier molecular flexibility index (Phi) is 3.20. The molecule has 5 nitrogen and oxygen atoms in total. The zero-order valence-corrected chi connectivity index (χ0v) is 17.0. The molecule has 0 atom stereocenters. The number of nitrogens with zero attached hydrogens (tertiary/aromatic N) is 4. The highest BCUT2D eigenvalue weighted by Gasteiger charge is 2.19. The largest absolute Gasteiger partial charge is 0.508 e. The average Bonchev–Trinajstić information content (AvgIpc) is 3.42. The third kappa shape index (κ3) is 2.21. The normalized spacial score (nSPS) is 12.1. The fourth-order valence-corrected chi connectivity index (χ4v) is 5.50. The van der Waals surface area contributed by atoms with E-state index in [0.717, 1.165) is 38.1 Å². The number of fused-ring (bicyclic) bond motifs is 8. The van der Waals surface area contributed by atoms with Crippen LogP contribution in [0.4, 0.5) is 0 Å². The van der Waals surface area contributed by atoms with E-state index in [-0.39, 0.29) is 5.75 Å². The van der Waals surface area contributed by atoms with Crippen LogP contribution in [0.5, 0.6) is 5.75 Å². The Morgan fingerprint density at radius 1 is 0.806 bits per heavy atom. The van der Waals surface area contributed by atoms with Crippen molar-refractivity contribution >= 4 is 72.8 Å². The number of rotatable bonds is 1. The summed E-state index contributed by atoms with van der Waals surface area (Å²) in [7, 11) is 6.21. The molecule has 0 bridgehead atoms. The molecule has 0 fully saturated rings. The molecule has 0 aliphatic rings. The van der Waals surface area contributed by atoms with Gasteiger partial charge in [-0.05, 0) is 36.4 Å². The fourth-order valence-electron chi connectivity index (χ4n) is 4.43. The summed E-state index contributed by atoms with van der Waals surface area (Å²) in [5.41, 5.74) is 4.07. The van der Waals surface area contributed by atoms with Gasteiger partial charge in [0.1, 0.15) is 24.2 Å². The maximum Gasteiger partial charge on any atom is 0.221 e. The van der Waals surface area contributed by atoms with Gasteiger partial charge in [0.15, 0.2) is 0 Å². The first-order valence-electron chi connectivity index (χ1n) is 9.88. The van der Waals surface area contributed by atoms with Crippen molar-refractivity contribution in [2.24, 2.45) is 0 Å². The first-order chi connectivity index (χ1) is 15.2. The topological polar surface area (TPSA) is 55.3 Å². The lowest BCUT2D eigenvalue weighted by molar-refractivity contribution is 0.476. The molecular formula is C24H13BN4OS. The van der Waals surface area contributed by atoms with E-state index in [2.05, 4.69) is 28.7 Å². The van der Waals surface area contributed by atoms with Gasteiger partial charge in [0.05, 0.1) is 22.1 Å². The predicted octanol–water partition coefficient (Wildman–Crippen LogP) is 4.69. The van der Waals surface area contributed by atoms with Gasteiger partial charge in [-0.25, -0.2) is 9.97 Å². The number of para-hydroxylation sites is 1. The van der Waals surface area contributed by atoms with Crippen molar-refractivity contribution in [3.63, 3.8) is 0 Å². The van der Waals surface area contributed by atoms with Crippen LogP contribution in [-0.4, -0.2) is 31.9 Å². The third-order valence-corrected chi connectivity index (χ3v) is 6.88. The van der Waals surface area contributed by atoms with Gasteiger partial charge < -0.3 is 5.11 Å². The quantitative estimate of drug-likeness (QED) is 0.395. The molecule has 1 N–H and O–H groups in total. The minimum absolute atomic E-state index is 0.196. The van der Waals surface area contributed by atoms with Crippen LogP contribution < -0.4 is 5.46 Å². The number of pyridine rings is 1. The van der Waals surface area contributed by atoms with Crippen LogP contribution in [0.1, 0.15) is 0 Å². The number of hydrogen-bond acceptors (Lipinski definition) is 4. The van der Waals surface area contributed by atoms with E-state index in [4.69, 9.17) is 17.8 Å². The van der Waals surface area contributed by atoms with Crippen molar-refractivity contribution in [2.45, 2.75) is 0 Å². The number of benzene rings is 3. The van der Waals surface area contributed by atoms with Gasteiger partial charge in [0.2, 0.25) is 5.78 Å². The first-order valence-corrected chi connectivity index (χ1v) is 10.7. The van der Waals surface area contributed by atoms with E-state index in [1.54, 1.807) is 23.5 Å². The molecule has 31 heavy (non-hydrogen) atoms. The second-order valence-corrected chi connectivity index (χ2v) is 8.62. The van der Waals surface area contributed by atoms with Gasteiger partial charge in [0, 0.05) is 21.5 Å². The number of imidazole rings is 2. The molecule has 7 aromatic rings. The molecule has 7 rings (SSSR count). The smallest absolute Gasteiger partial charge is 0.221 e. The van der Waals surface area contributed by atoms with Crippen molar-refractivity contribution in [2.75, 3.05) is 0 Å². The molecule has 3 aromatic carbocycles. The molecule has 144 valence electrons. The first kappa shape index (κ1) is 16.9. The highest BCUT2D eigenvalue weighted by atomic mass is 32.1. The van der Waals surface area contributed by atoms with E-state index in [9.17, 15) is 5.11 Å². The molecule has 0 saturated heterocycles. The molecule has 7 heteroatoms. The molecule has 2 radical (unpaired) electrons. The summed E-state index contributed by atoms with van der Waals surface area (Å²) in [5.74, 6) is 1.65. The van der Waals surface area contributed by atoms with Gasteiger partial charge in [-0.3, -0.25) is 8.97 Å². The number of phenols is 1. The number of phenolic OH excluding ortho intramolecular Hbond substituents is 1. The van der Waals surface area contributed by atoms with Crippen molar-refractivity contribution in [3.05, 3.63) is 72.8 Å². The standard InChI is InChI=1S/C24H13BN4OS/c25-16-5-3-6-18-22(16)27-24-28(18)17-10-8-13(30)12-19(17)29(24)21-11-9-15-14-4-1-2-7-20(14)31-23(15)26-21/h1-12,30H. The molecule has 0 unspecified atom stereocenters. The lowest BCUT2D eigenvalue weighted by Crippen LogP contribution is -2.03. The Labute approximate surface area is 181 Å². The summed E-state index contributed by atoms with van der Waals surface area (Å²) in [6, 6.07) is 23.6. The number of aromatic hydroxyl groups is 1. The average molecular weight is 416 g/mol. The number of hydrogen-bond donors (Lipinski definition) is 1. The van der Waals surface area contributed by atoms with Crippen LogP contribution >= 0.6 is 11.3 Å². The van der Waals surface area contributed by atoms with E-state index < -0.39 is 0 Å². The van der Waals surface area contributed by atoms with E-state index in [0.29, 0.717) is 11.2 Å². The van der Waals surface area contributed by atoms with E-state index in [1.165, 1.54) is 10.1 Å². The fraction of sp³-hybridized carbons (Fsp3) is 0. The lowest BCUT2D eigenvalue weighted by atomic mass is 9.95. The van der Waals surface area contributed by atoms with Crippen LogP contribution in [0.2, 0.25) is 0 Å². The van der Waals surface area contributed by atoms with Crippen LogP contribution in [0.25, 0.3) is 54.0 Å². The second kappa shape index (κ2) is 5.86. The molecule has 0 spiro atoms. The summed E-state index contributed by atoms with van der Waals surface area (Å²) in [6.45, 7) is 0. The highest BCUT2D eigenvalue weighted by Crippen LogP contribution is 2.35. The Morgan fingerprint density at radius 2 is 1.71 bits per heavy atom. The van der Waals surface area contributed by atoms with E-state index >= 15 is 0 Å². The van der Waals surface area contributed by atoms with Crippen LogP contribution in [0, 0.1) is 0 Å². The van der Waals surface area contributed by atoms with Gasteiger partial charge in [-0.15, -0.1) is 11.3 Å². The van der Waals surface area contributed by atoms with Crippen molar-refractivity contribution in [1.82, 2.24) is 18.9 Å². The Bertz CT molecular complexity index is 1830. The lowest BCUT2D eigenvalue weighted by Gasteiger charge is -2.05. The molecular weight excluding hydrogens is 403 g/mol. The summed E-state index contributed by atoms with van der Waals surface area (Å²) in [5, 5.41) is 12.6. The van der Waals surface area contributed by atoms with E-state index in [1.807, 2.05) is 41.0 Å². The zero-order chi connectivity index (χ0) is 20.7. The minimum atomic E-state index is 0.196. The maximum absolute atomic E-state index is 10.2. The van der Waals surface area contributed by atoms with Gasteiger partial charge in [-0.2, -0.15) is 0 Å². The number of aromatic nitrogens is 4. The minimum Gasteiger partial charge on any atom is -0.508 e. The van der Waals surface area contributed by atoms with Crippen LogP contribution in [-0.2, 0) is 0 Å². The SMILES string of the molecule is [B]c1cccc2c1nc1n(-c3ccc4c(n3)sc3ccccc34)c3cc(O)ccc3n21. The Balaban J connectivity index is 1.64.